The van der Waals surface area contributed by atoms with Gasteiger partial charge in [-0.05, 0) is 36.2 Å². The second-order valence-electron chi connectivity index (χ2n) is 6.20. The Balaban J connectivity index is 1.59. The number of amides is 2. The second kappa shape index (κ2) is 8.30. The first kappa shape index (κ1) is 17.7. The Morgan fingerprint density at radius 2 is 1.48 bits per heavy atom. The number of benzene rings is 2. The molecule has 25 heavy (non-hydrogen) atoms. The normalized spacial score (nSPS) is 14.9. The minimum absolute atomic E-state index is 0.0323. The number of hydrogen-bond acceptors (Lipinski definition) is 2. The van der Waals surface area contributed by atoms with Gasteiger partial charge in [0.05, 0.1) is 6.42 Å². The highest BCUT2D eigenvalue weighted by molar-refractivity contribution is 9.10. The molecule has 0 N–H and O–H groups in total. The molecule has 0 atom stereocenters. The number of carbonyl (C=O) groups excluding carboxylic acids is 2. The summed E-state index contributed by atoms with van der Waals surface area (Å²) in [5, 5.41) is 0. The van der Waals surface area contributed by atoms with Gasteiger partial charge in [-0.3, -0.25) is 9.59 Å². The summed E-state index contributed by atoms with van der Waals surface area (Å²) in [6, 6.07) is 17.2. The Kier molecular flexibility index (Phi) is 5.87. The minimum Gasteiger partial charge on any atom is -0.341 e. The summed E-state index contributed by atoms with van der Waals surface area (Å²) < 4.78 is 0.956. The van der Waals surface area contributed by atoms with Gasteiger partial charge in [0.25, 0.3) is 5.91 Å². The maximum atomic E-state index is 12.6. The van der Waals surface area contributed by atoms with Gasteiger partial charge in [-0.15, -0.1) is 0 Å². The van der Waals surface area contributed by atoms with Crippen molar-refractivity contribution in [3.05, 3.63) is 70.2 Å². The Morgan fingerprint density at radius 1 is 0.840 bits per heavy atom. The summed E-state index contributed by atoms with van der Waals surface area (Å²) >= 11 is 3.38. The quantitative estimate of drug-likeness (QED) is 0.792. The van der Waals surface area contributed by atoms with Crippen molar-refractivity contribution in [1.82, 2.24) is 9.80 Å². The zero-order valence-electron chi connectivity index (χ0n) is 14.0. The maximum Gasteiger partial charge on any atom is 0.253 e. The molecule has 2 aromatic rings. The van der Waals surface area contributed by atoms with Crippen LogP contribution in [0.5, 0.6) is 0 Å². The molecule has 0 unspecified atom stereocenters. The molecular weight excluding hydrogens is 380 g/mol. The number of hydrogen-bond donors (Lipinski definition) is 0. The van der Waals surface area contributed by atoms with Crippen molar-refractivity contribution < 1.29 is 9.59 Å². The van der Waals surface area contributed by atoms with Crippen LogP contribution in [-0.2, 0) is 11.2 Å². The highest BCUT2D eigenvalue weighted by Crippen LogP contribution is 2.14. The minimum atomic E-state index is 0.0323. The van der Waals surface area contributed by atoms with Crippen LogP contribution in [0.1, 0.15) is 22.3 Å². The molecule has 2 amide bonds. The molecule has 1 aliphatic rings. The molecule has 1 saturated heterocycles. The maximum absolute atomic E-state index is 12.6. The molecule has 5 heteroatoms. The Bertz CT molecular complexity index is 731. The van der Waals surface area contributed by atoms with E-state index in [-0.39, 0.29) is 11.8 Å². The first-order valence-electron chi connectivity index (χ1n) is 8.50. The van der Waals surface area contributed by atoms with Crippen LogP contribution in [0.3, 0.4) is 0 Å². The number of halogens is 1. The number of carbonyl (C=O) groups is 2. The lowest BCUT2D eigenvalue weighted by Crippen LogP contribution is -2.38. The first-order chi connectivity index (χ1) is 12.1. The van der Waals surface area contributed by atoms with Crippen molar-refractivity contribution in [1.29, 1.82) is 0 Å². The summed E-state index contributed by atoms with van der Waals surface area (Å²) in [5.74, 6) is 0.161. The van der Waals surface area contributed by atoms with E-state index < -0.39 is 0 Å². The standard InChI is InChI=1S/C20H21BrN2O2/c21-18-9-7-17(8-10-18)20(25)23-12-4-11-22(13-14-23)19(24)15-16-5-2-1-3-6-16/h1-3,5-10H,4,11-15H2. The van der Waals surface area contributed by atoms with Gasteiger partial charge in [0, 0.05) is 36.2 Å². The van der Waals surface area contributed by atoms with Gasteiger partial charge in [-0.2, -0.15) is 0 Å². The monoisotopic (exact) mass is 400 g/mol. The molecule has 0 spiro atoms. The van der Waals surface area contributed by atoms with Gasteiger partial charge >= 0.3 is 0 Å². The van der Waals surface area contributed by atoms with Crippen molar-refractivity contribution in [2.75, 3.05) is 26.2 Å². The van der Waals surface area contributed by atoms with Gasteiger partial charge in [0.1, 0.15) is 0 Å². The van der Waals surface area contributed by atoms with E-state index in [2.05, 4.69) is 15.9 Å². The van der Waals surface area contributed by atoms with Crippen LogP contribution in [0.25, 0.3) is 0 Å². The predicted molar refractivity (Wildman–Crippen MR) is 101 cm³/mol. The topological polar surface area (TPSA) is 40.6 Å². The Labute approximate surface area is 156 Å². The molecule has 1 fully saturated rings. The zero-order chi connectivity index (χ0) is 17.6. The summed E-state index contributed by atoms with van der Waals surface area (Å²) in [4.78, 5) is 28.9. The number of nitrogens with zero attached hydrogens (tertiary/aromatic N) is 2. The lowest BCUT2D eigenvalue weighted by atomic mass is 10.1. The van der Waals surface area contributed by atoms with Crippen LogP contribution >= 0.6 is 15.9 Å². The van der Waals surface area contributed by atoms with Gasteiger partial charge in [-0.1, -0.05) is 46.3 Å². The van der Waals surface area contributed by atoms with Crippen LogP contribution in [0.15, 0.2) is 59.1 Å². The molecule has 4 nitrogen and oxygen atoms in total. The van der Waals surface area contributed by atoms with E-state index in [9.17, 15) is 9.59 Å². The largest absolute Gasteiger partial charge is 0.341 e. The van der Waals surface area contributed by atoms with Crippen molar-refractivity contribution in [2.24, 2.45) is 0 Å². The third-order valence-electron chi connectivity index (χ3n) is 4.43. The van der Waals surface area contributed by atoms with E-state index in [0.717, 1.165) is 16.5 Å². The van der Waals surface area contributed by atoms with Crippen LogP contribution in [0, 0.1) is 0 Å². The lowest BCUT2D eigenvalue weighted by molar-refractivity contribution is -0.130. The predicted octanol–water partition coefficient (Wildman–Crippen LogP) is 3.37. The van der Waals surface area contributed by atoms with E-state index in [1.807, 2.05) is 64.4 Å². The van der Waals surface area contributed by atoms with Crippen LogP contribution < -0.4 is 0 Å². The third kappa shape index (κ3) is 4.69. The molecule has 0 aromatic heterocycles. The molecule has 3 rings (SSSR count). The summed E-state index contributed by atoms with van der Waals surface area (Å²) in [6.45, 7) is 2.56. The smallest absolute Gasteiger partial charge is 0.253 e. The lowest BCUT2D eigenvalue weighted by Gasteiger charge is -2.22. The van der Waals surface area contributed by atoms with E-state index in [1.165, 1.54) is 0 Å². The molecule has 0 saturated carbocycles. The van der Waals surface area contributed by atoms with E-state index in [4.69, 9.17) is 0 Å². The highest BCUT2D eigenvalue weighted by atomic mass is 79.9. The number of rotatable bonds is 3. The third-order valence-corrected chi connectivity index (χ3v) is 4.95. The SMILES string of the molecule is O=C(Cc1ccccc1)N1CCCN(C(=O)c2ccc(Br)cc2)CC1. The molecule has 1 aliphatic heterocycles. The van der Waals surface area contributed by atoms with Gasteiger partial charge in [0.2, 0.25) is 5.91 Å². The molecule has 130 valence electrons. The molecule has 1 heterocycles. The summed E-state index contributed by atoms with van der Waals surface area (Å²) in [5.41, 5.74) is 1.71. The van der Waals surface area contributed by atoms with Crippen molar-refractivity contribution in [3.63, 3.8) is 0 Å². The van der Waals surface area contributed by atoms with Crippen LogP contribution in [0.2, 0.25) is 0 Å². The van der Waals surface area contributed by atoms with E-state index in [0.29, 0.717) is 38.2 Å². The first-order valence-corrected chi connectivity index (χ1v) is 9.29. The van der Waals surface area contributed by atoms with Gasteiger partial charge in [-0.25, -0.2) is 0 Å². The highest BCUT2D eigenvalue weighted by Gasteiger charge is 2.22. The molecule has 0 bridgehead atoms. The fourth-order valence-corrected chi connectivity index (χ4v) is 3.29. The van der Waals surface area contributed by atoms with Crippen molar-refractivity contribution in [2.45, 2.75) is 12.8 Å². The molecule has 2 aromatic carbocycles. The van der Waals surface area contributed by atoms with Crippen molar-refractivity contribution >= 4 is 27.7 Å². The molecule has 0 radical (unpaired) electrons. The van der Waals surface area contributed by atoms with Crippen molar-refractivity contribution in [3.8, 4) is 0 Å². The Morgan fingerprint density at radius 3 is 2.20 bits per heavy atom. The second-order valence-corrected chi connectivity index (χ2v) is 7.11. The average Bonchev–Trinajstić information content (AvgIpc) is 2.89. The van der Waals surface area contributed by atoms with Crippen LogP contribution in [0.4, 0.5) is 0 Å². The molecule has 0 aliphatic carbocycles. The van der Waals surface area contributed by atoms with Gasteiger partial charge in [0.15, 0.2) is 0 Å². The average molecular weight is 401 g/mol. The Hall–Kier alpha value is -2.14. The molecular formula is C20H21BrN2O2. The van der Waals surface area contributed by atoms with E-state index >= 15 is 0 Å². The van der Waals surface area contributed by atoms with Gasteiger partial charge < -0.3 is 9.80 Å². The summed E-state index contributed by atoms with van der Waals surface area (Å²) in [6.07, 6.45) is 1.23. The summed E-state index contributed by atoms with van der Waals surface area (Å²) in [7, 11) is 0. The van der Waals surface area contributed by atoms with Crippen LogP contribution in [-0.4, -0.2) is 47.8 Å². The van der Waals surface area contributed by atoms with E-state index in [1.54, 1.807) is 0 Å². The fourth-order valence-electron chi connectivity index (χ4n) is 3.03. The fraction of sp³-hybridized carbons (Fsp3) is 0.300. The zero-order valence-corrected chi connectivity index (χ0v) is 15.6.